The molecule has 0 spiro atoms. The first-order valence-electron chi connectivity index (χ1n) is 9.73. The Morgan fingerprint density at radius 3 is 2.59 bits per heavy atom. The van der Waals surface area contributed by atoms with Crippen molar-refractivity contribution in [2.75, 3.05) is 6.61 Å². The number of carbonyl (C=O) groups is 1. The molecule has 1 aromatic heterocycles. The summed E-state index contributed by atoms with van der Waals surface area (Å²) in [7, 11) is 0. The van der Waals surface area contributed by atoms with E-state index in [1.165, 1.54) is 22.0 Å². The van der Waals surface area contributed by atoms with Gasteiger partial charge in [0, 0.05) is 15.6 Å². The average molecular weight is 489 g/mol. The van der Waals surface area contributed by atoms with Crippen molar-refractivity contribution in [1.82, 2.24) is 4.57 Å². The monoisotopic (exact) mass is 488 g/mol. The van der Waals surface area contributed by atoms with Crippen LogP contribution in [0.1, 0.15) is 31.0 Å². The molecule has 0 amide bonds. The second-order valence-corrected chi connectivity index (χ2v) is 8.94. The van der Waals surface area contributed by atoms with Gasteiger partial charge in [0.2, 0.25) is 0 Å². The molecule has 0 aliphatic carbocycles. The van der Waals surface area contributed by atoms with Crippen molar-refractivity contribution in [3.63, 3.8) is 0 Å². The van der Waals surface area contributed by atoms with E-state index in [0.717, 1.165) is 0 Å². The summed E-state index contributed by atoms with van der Waals surface area (Å²) in [6, 6.07) is 10.8. The SMILES string of the molecule is CCOC(=O)C1=C(C)N=c2sc(=Cc3cc(Cl)ccc3O)c(=O)n2[C@@H]1c1ccc(Cl)cc1. The number of fused-ring (bicyclic) bond motifs is 1. The number of hydrogen-bond acceptors (Lipinski definition) is 6. The summed E-state index contributed by atoms with van der Waals surface area (Å²) in [5.74, 6) is -0.534. The van der Waals surface area contributed by atoms with Gasteiger partial charge in [0.15, 0.2) is 4.80 Å². The third-order valence-electron chi connectivity index (χ3n) is 4.98. The Morgan fingerprint density at radius 1 is 1.22 bits per heavy atom. The maximum atomic E-state index is 13.5. The Morgan fingerprint density at radius 2 is 1.91 bits per heavy atom. The third-order valence-corrected chi connectivity index (χ3v) is 6.45. The number of rotatable bonds is 4. The van der Waals surface area contributed by atoms with E-state index in [4.69, 9.17) is 27.9 Å². The molecule has 9 heteroatoms. The lowest BCUT2D eigenvalue weighted by Crippen LogP contribution is -2.39. The maximum absolute atomic E-state index is 13.5. The molecule has 1 aliphatic heterocycles. The van der Waals surface area contributed by atoms with Gasteiger partial charge in [0.05, 0.1) is 28.5 Å². The number of phenolic OH excluding ortho intramolecular Hbond substituents is 1. The van der Waals surface area contributed by atoms with Crippen LogP contribution in [0.3, 0.4) is 0 Å². The molecule has 0 saturated carbocycles. The van der Waals surface area contributed by atoms with Crippen LogP contribution in [0, 0.1) is 0 Å². The second-order valence-electron chi connectivity index (χ2n) is 7.06. The molecule has 0 fully saturated rings. The number of phenols is 1. The van der Waals surface area contributed by atoms with Gasteiger partial charge >= 0.3 is 5.97 Å². The fraction of sp³-hybridized carbons (Fsp3) is 0.174. The number of allylic oxidation sites excluding steroid dienone is 1. The van der Waals surface area contributed by atoms with E-state index in [0.29, 0.717) is 41.8 Å². The van der Waals surface area contributed by atoms with Crippen molar-refractivity contribution in [1.29, 1.82) is 0 Å². The van der Waals surface area contributed by atoms with Gasteiger partial charge in [-0.3, -0.25) is 9.36 Å². The number of nitrogens with zero attached hydrogens (tertiary/aromatic N) is 2. The van der Waals surface area contributed by atoms with Gasteiger partial charge < -0.3 is 9.84 Å². The van der Waals surface area contributed by atoms with Gasteiger partial charge in [0.1, 0.15) is 5.75 Å². The molecule has 6 nitrogen and oxygen atoms in total. The van der Waals surface area contributed by atoms with E-state index in [-0.39, 0.29) is 17.9 Å². The van der Waals surface area contributed by atoms with E-state index in [2.05, 4.69) is 4.99 Å². The maximum Gasteiger partial charge on any atom is 0.338 e. The molecule has 4 rings (SSSR count). The molecule has 3 aromatic rings. The van der Waals surface area contributed by atoms with E-state index < -0.39 is 12.0 Å². The van der Waals surface area contributed by atoms with Gasteiger partial charge in [-0.25, -0.2) is 9.79 Å². The summed E-state index contributed by atoms with van der Waals surface area (Å²) in [4.78, 5) is 31.2. The molecular formula is C23H18Cl2N2O4S. The number of esters is 1. The first-order chi connectivity index (χ1) is 15.3. The molecule has 164 valence electrons. The molecule has 1 N–H and O–H groups in total. The highest BCUT2D eigenvalue weighted by Crippen LogP contribution is 2.31. The number of carbonyl (C=O) groups excluding carboxylic acids is 1. The van der Waals surface area contributed by atoms with Gasteiger partial charge in [-0.05, 0) is 55.8 Å². The van der Waals surface area contributed by atoms with E-state index in [1.807, 2.05) is 0 Å². The number of hydrogen-bond donors (Lipinski definition) is 1. The molecule has 2 aromatic carbocycles. The molecule has 0 bridgehead atoms. The van der Waals surface area contributed by atoms with Crippen molar-refractivity contribution in [2.45, 2.75) is 19.9 Å². The topological polar surface area (TPSA) is 80.9 Å². The minimum absolute atomic E-state index is 0.00196. The molecule has 0 saturated heterocycles. The zero-order valence-corrected chi connectivity index (χ0v) is 19.5. The van der Waals surface area contributed by atoms with E-state index in [1.54, 1.807) is 56.3 Å². The van der Waals surface area contributed by atoms with Crippen LogP contribution in [0.2, 0.25) is 10.0 Å². The fourth-order valence-electron chi connectivity index (χ4n) is 3.53. The Hall–Kier alpha value is -2.87. The first kappa shape index (κ1) is 22.3. The molecule has 32 heavy (non-hydrogen) atoms. The minimum atomic E-state index is -0.724. The normalized spacial score (nSPS) is 16.0. The quantitative estimate of drug-likeness (QED) is 0.566. The summed E-state index contributed by atoms with van der Waals surface area (Å²) in [5, 5.41) is 11.1. The molecule has 1 atom stereocenters. The first-order valence-corrected chi connectivity index (χ1v) is 11.3. The molecular weight excluding hydrogens is 471 g/mol. The minimum Gasteiger partial charge on any atom is -0.507 e. The van der Waals surface area contributed by atoms with E-state index >= 15 is 0 Å². The van der Waals surface area contributed by atoms with Crippen LogP contribution in [0.25, 0.3) is 6.08 Å². The van der Waals surface area contributed by atoms with Gasteiger partial charge in [-0.15, -0.1) is 0 Å². The Balaban J connectivity index is 1.97. The predicted molar refractivity (Wildman–Crippen MR) is 125 cm³/mol. The number of thiazole rings is 1. The predicted octanol–water partition coefficient (Wildman–Crippen LogP) is 3.81. The van der Waals surface area contributed by atoms with Crippen LogP contribution in [-0.2, 0) is 9.53 Å². The molecule has 1 aliphatic rings. The van der Waals surface area contributed by atoms with Crippen molar-refractivity contribution in [3.8, 4) is 5.75 Å². The summed E-state index contributed by atoms with van der Waals surface area (Å²) < 4.78 is 7.08. The van der Waals surface area contributed by atoms with Gasteiger partial charge in [-0.2, -0.15) is 0 Å². The van der Waals surface area contributed by atoms with Gasteiger partial charge in [-0.1, -0.05) is 46.7 Å². The highest BCUT2D eigenvalue weighted by atomic mass is 35.5. The summed E-state index contributed by atoms with van der Waals surface area (Å²) >= 11 is 13.3. The lowest BCUT2D eigenvalue weighted by Gasteiger charge is -2.24. The number of halogens is 2. The highest BCUT2D eigenvalue weighted by molar-refractivity contribution is 7.07. The van der Waals surface area contributed by atoms with Crippen LogP contribution in [0.4, 0.5) is 0 Å². The summed E-state index contributed by atoms with van der Waals surface area (Å²) in [6.45, 7) is 3.63. The van der Waals surface area contributed by atoms with Crippen LogP contribution < -0.4 is 14.9 Å². The summed E-state index contributed by atoms with van der Waals surface area (Å²) in [5.41, 5.74) is 1.53. The molecule has 2 heterocycles. The van der Waals surface area contributed by atoms with Crippen LogP contribution in [0.5, 0.6) is 5.75 Å². The van der Waals surface area contributed by atoms with Gasteiger partial charge in [0.25, 0.3) is 5.56 Å². The lowest BCUT2D eigenvalue weighted by atomic mass is 9.96. The Kier molecular flexibility index (Phi) is 6.24. The molecule has 0 radical (unpaired) electrons. The Labute approximate surface area is 197 Å². The molecule has 0 unspecified atom stereocenters. The van der Waals surface area contributed by atoms with Crippen molar-refractivity contribution < 1.29 is 14.6 Å². The van der Waals surface area contributed by atoms with Crippen molar-refractivity contribution >= 4 is 46.6 Å². The van der Waals surface area contributed by atoms with Crippen molar-refractivity contribution in [3.05, 3.63) is 94.6 Å². The lowest BCUT2D eigenvalue weighted by molar-refractivity contribution is -0.139. The number of aromatic nitrogens is 1. The largest absolute Gasteiger partial charge is 0.507 e. The number of benzene rings is 2. The zero-order chi connectivity index (χ0) is 23.0. The fourth-order valence-corrected chi connectivity index (χ4v) is 4.88. The van der Waals surface area contributed by atoms with Crippen LogP contribution >= 0.6 is 34.5 Å². The second kappa shape index (κ2) is 8.94. The zero-order valence-electron chi connectivity index (χ0n) is 17.1. The van der Waals surface area contributed by atoms with Crippen molar-refractivity contribution in [2.24, 2.45) is 4.99 Å². The smallest absolute Gasteiger partial charge is 0.338 e. The Bertz CT molecular complexity index is 1420. The summed E-state index contributed by atoms with van der Waals surface area (Å²) in [6.07, 6.45) is 1.56. The van der Waals surface area contributed by atoms with Crippen LogP contribution in [0.15, 0.2) is 63.5 Å². The number of aromatic hydroxyl groups is 1. The van der Waals surface area contributed by atoms with Crippen LogP contribution in [-0.4, -0.2) is 22.2 Å². The standard InChI is InChI=1S/C23H18Cl2N2O4S/c1-3-31-22(30)19-12(2)26-23-27(20(19)13-4-6-15(24)7-5-13)21(29)18(32-23)11-14-10-16(25)8-9-17(14)28/h4-11,20,28H,3H2,1-2H3/t20-/m1/s1. The number of ether oxygens (including phenoxy) is 1. The average Bonchev–Trinajstić information content (AvgIpc) is 3.05. The third kappa shape index (κ3) is 4.11. The van der Waals surface area contributed by atoms with E-state index in [9.17, 15) is 14.7 Å². The highest BCUT2D eigenvalue weighted by Gasteiger charge is 2.33.